The molecule has 0 N–H and O–H groups in total. The van der Waals surface area contributed by atoms with Gasteiger partial charge in [-0.25, -0.2) is 0 Å². The van der Waals surface area contributed by atoms with Gasteiger partial charge in [-0.05, 0) is 32.6 Å². The van der Waals surface area contributed by atoms with Crippen molar-refractivity contribution in [3.8, 4) is 0 Å². The third-order valence-electron chi connectivity index (χ3n) is 1.83. The van der Waals surface area contributed by atoms with Gasteiger partial charge in [0.15, 0.2) is 0 Å². The van der Waals surface area contributed by atoms with Crippen LogP contribution in [0.15, 0.2) is 11.6 Å². The lowest BCUT2D eigenvalue weighted by Gasteiger charge is -2.18. The van der Waals surface area contributed by atoms with Gasteiger partial charge in [0.25, 0.3) is 0 Å². The molecule has 0 spiro atoms. The van der Waals surface area contributed by atoms with Crippen LogP contribution in [0.25, 0.3) is 0 Å². The van der Waals surface area contributed by atoms with Gasteiger partial charge in [0.1, 0.15) is 0 Å². The minimum atomic E-state index is 0.791. The summed E-state index contributed by atoms with van der Waals surface area (Å²) in [6.45, 7) is 6.23. The zero-order valence-corrected chi connectivity index (χ0v) is 6.89. The Morgan fingerprint density at radius 3 is 2.40 bits per heavy atom. The summed E-state index contributed by atoms with van der Waals surface area (Å²) >= 11 is 0. The molecule has 1 saturated heterocycles. The van der Waals surface area contributed by atoms with E-state index >= 15 is 0 Å². The fourth-order valence-electron chi connectivity index (χ4n) is 1.35. The first-order valence-corrected chi connectivity index (χ1v) is 4.02. The molecule has 1 rings (SSSR count). The number of rotatable bonds is 1. The predicted molar refractivity (Wildman–Crippen MR) is 43.0 cm³/mol. The van der Waals surface area contributed by atoms with Crippen LogP contribution in [0.5, 0.6) is 0 Å². The van der Waals surface area contributed by atoms with Gasteiger partial charge in [-0.15, -0.1) is 0 Å². The average molecular weight is 140 g/mol. The molecule has 0 saturated carbocycles. The third kappa shape index (κ3) is 2.53. The number of hydrogen-bond acceptors (Lipinski definition) is 1. The van der Waals surface area contributed by atoms with Gasteiger partial charge in [0, 0.05) is 13.2 Å². The summed E-state index contributed by atoms with van der Waals surface area (Å²) in [7, 11) is 0. The van der Waals surface area contributed by atoms with Crippen LogP contribution in [-0.2, 0) is 4.74 Å². The lowest BCUT2D eigenvalue weighted by molar-refractivity contribution is 0.0784. The van der Waals surface area contributed by atoms with Gasteiger partial charge in [-0.1, -0.05) is 11.6 Å². The minimum absolute atomic E-state index is 0.791. The molecule has 10 heavy (non-hydrogen) atoms. The molecular formula is C9H16O. The highest BCUT2D eigenvalue weighted by atomic mass is 16.5. The Bertz CT molecular complexity index is 117. The van der Waals surface area contributed by atoms with E-state index in [-0.39, 0.29) is 0 Å². The number of allylic oxidation sites excluding steroid dienone is 2. The monoisotopic (exact) mass is 140 g/mol. The standard InChI is InChI=1S/C9H16O/c1-8(2)7-9-3-5-10-6-4-9/h7,9H,3-6H2,1-2H3. The highest BCUT2D eigenvalue weighted by Crippen LogP contribution is 2.17. The number of hydrogen-bond donors (Lipinski definition) is 0. The van der Waals surface area contributed by atoms with Crippen molar-refractivity contribution in [2.45, 2.75) is 26.7 Å². The van der Waals surface area contributed by atoms with E-state index in [4.69, 9.17) is 4.74 Å². The van der Waals surface area contributed by atoms with E-state index in [9.17, 15) is 0 Å². The SMILES string of the molecule is CC(C)=CC1CCOCC1. The van der Waals surface area contributed by atoms with Crippen molar-refractivity contribution in [1.29, 1.82) is 0 Å². The van der Waals surface area contributed by atoms with E-state index in [0.717, 1.165) is 19.1 Å². The summed E-state index contributed by atoms with van der Waals surface area (Å²) in [5.41, 5.74) is 1.44. The fraction of sp³-hybridized carbons (Fsp3) is 0.778. The van der Waals surface area contributed by atoms with Gasteiger partial charge in [0.05, 0.1) is 0 Å². The first-order chi connectivity index (χ1) is 4.79. The van der Waals surface area contributed by atoms with Gasteiger partial charge < -0.3 is 4.74 Å². The molecule has 0 amide bonds. The van der Waals surface area contributed by atoms with Crippen molar-refractivity contribution >= 4 is 0 Å². The van der Waals surface area contributed by atoms with Gasteiger partial charge in [0.2, 0.25) is 0 Å². The second-order valence-corrected chi connectivity index (χ2v) is 3.19. The highest BCUT2D eigenvalue weighted by molar-refractivity contribution is 4.97. The van der Waals surface area contributed by atoms with E-state index in [0.29, 0.717) is 0 Å². The summed E-state index contributed by atoms with van der Waals surface area (Å²) in [6.07, 6.45) is 4.79. The first kappa shape index (κ1) is 7.80. The Kier molecular flexibility index (Phi) is 2.94. The number of ether oxygens (including phenoxy) is 1. The topological polar surface area (TPSA) is 9.23 Å². The minimum Gasteiger partial charge on any atom is -0.381 e. The van der Waals surface area contributed by atoms with Crippen molar-refractivity contribution in [2.75, 3.05) is 13.2 Å². The van der Waals surface area contributed by atoms with Crippen molar-refractivity contribution in [3.63, 3.8) is 0 Å². The Labute approximate surface area is 63.1 Å². The van der Waals surface area contributed by atoms with Crippen molar-refractivity contribution in [3.05, 3.63) is 11.6 Å². The highest BCUT2D eigenvalue weighted by Gasteiger charge is 2.09. The van der Waals surface area contributed by atoms with Crippen LogP contribution in [0.2, 0.25) is 0 Å². The van der Waals surface area contributed by atoms with Gasteiger partial charge in [-0.2, -0.15) is 0 Å². The molecule has 1 heterocycles. The van der Waals surface area contributed by atoms with Gasteiger partial charge >= 0.3 is 0 Å². The van der Waals surface area contributed by atoms with E-state index in [2.05, 4.69) is 19.9 Å². The van der Waals surface area contributed by atoms with Crippen LogP contribution in [0.1, 0.15) is 26.7 Å². The van der Waals surface area contributed by atoms with Crippen molar-refractivity contribution in [1.82, 2.24) is 0 Å². The fourth-order valence-corrected chi connectivity index (χ4v) is 1.35. The molecule has 1 heteroatoms. The molecule has 0 aromatic heterocycles. The molecule has 1 nitrogen and oxygen atoms in total. The van der Waals surface area contributed by atoms with E-state index in [1.54, 1.807) is 0 Å². The van der Waals surface area contributed by atoms with Crippen LogP contribution < -0.4 is 0 Å². The molecular weight excluding hydrogens is 124 g/mol. The predicted octanol–water partition coefficient (Wildman–Crippen LogP) is 2.38. The van der Waals surface area contributed by atoms with Gasteiger partial charge in [-0.3, -0.25) is 0 Å². The Morgan fingerprint density at radius 1 is 1.30 bits per heavy atom. The smallest absolute Gasteiger partial charge is 0.0471 e. The van der Waals surface area contributed by atoms with E-state index in [1.165, 1.54) is 18.4 Å². The summed E-state index contributed by atoms with van der Waals surface area (Å²) in [6, 6.07) is 0. The lowest BCUT2D eigenvalue weighted by Crippen LogP contribution is -2.13. The molecule has 1 fully saturated rings. The zero-order valence-electron chi connectivity index (χ0n) is 6.89. The van der Waals surface area contributed by atoms with Crippen LogP contribution in [-0.4, -0.2) is 13.2 Å². The molecule has 1 aliphatic heterocycles. The molecule has 0 unspecified atom stereocenters. The summed E-state index contributed by atoms with van der Waals surface area (Å²) in [5, 5.41) is 0. The Morgan fingerprint density at radius 2 is 1.90 bits per heavy atom. The average Bonchev–Trinajstić information content (AvgIpc) is 1.88. The van der Waals surface area contributed by atoms with Crippen LogP contribution >= 0.6 is 0 Å². The summed E-state index contributed by atoms with van der Waals surface area (Å²) in [5.74, 6) is 0.791. The maximum Gasteiger partial charge on any atom is 0.0471 e. The maximum atomic E-state index is 5.25. The lowest BCUT2D eigenvalue weighted by atomic mass is 9.98. The molecule has 0 aromatic rings. The quantitative estimate of drug-likeness (QED) is 0.508. The van der Waals surface area contributed by atoms with Crippen LogP contribution in [0.3, 0.4) is 0 Å². The van der Waals surface area contributed by atoms with E-state index < -0.39 is 0 Å². The second-order valence-electron chi connectivity index (χ2n) is 3.19. The largest absolute Gasteiger partial charge is 0.381 e. The Balaban J connectivity index is 2.33. The molecule has 1 aliphatic rings. The Hall–Kier alpha value is -0.300. The van der Waals surface area contributed by atoms with Crippen LogP contribution in [0, 0.1) is 5.92 Å². The van der Waals surface area contributed by atoms with Crippen molar-refractivity contribution in [2.24, 2.45) is 5.92 Å². The molecule has 0 atom stereocenters. The van der Waals surface area contributed by atoms with E-state index in [1.807, 2.05) is 0 Å². The third-order valence-corrected chi connectivity index (χ3v) is 1.83. The first-order valence-electron chi connectivity index (χ1n) is 4.02. The molecule has 0 radical (unpaired) electrons. The normalized spacial score (nSPS) is 20.6. The van der Waals surface area contributed by atoms with Crippen LogP contribution in [0.4, 0.5) is 0 Å². The summed E-state index contributed by atoms with van der Waals surface area (Å²) in [4.78, 5) is 0. The molecule has 58 valence electrons. The maximum absolute atomic E-state index is 5.25. The molecule has 0 bridgehead atoms. The van der Waals surface area contributed by atoms with Crippen molar-refractivity contribution < 1.29 is 4.74 Å². The summed E-state index contributed by atoms with van der Waals surface area (Å²) < 4.78 is 5.25. The zero-order chi connectivity index (χ0) is 7.40. The molecule has 0 aliphatic carbocycles. The second kappa shape index (κ2) is 3.77. The molecule has 0 aromatic carbocycles.